The SMILES string of the molecule is Cc1occc1C(=O)NCCC(=O)N1CCOCC1. The zero-order chi connectivity index (χ0) is 13.7. The van der Waals surface area contributed by atoms with Crippen molar-refractivity contribution in [1.82, 2.24) is 10.2 Å². The third kappa shape index (κ3) is 3.57. The summed E-state index contributed by atoms with van der Waals surface area (Å²) in [5.74, 6) is 0.422. The van der Waals surface area contributed by atoms with Gasteiger partial charge in [-0.05, 0) is 13.0 Å². The van der Waals surface area contributed by atoms with E-state index < -0.39 is 0 Å². The second-order valence-electron chi connectivity index (χ2n) is 4.39. The summed E-state index contributed by atoms with van der Waals surface area (Å²) in [7, 11) is 0. The van der Waals surface area contributed by atoms with Crippen LogP contribution >= 0.6 is 0 Å². The molecule has 0 spiro atoms. The van der Waals surface area contributed by atoms with Gasteiger partial charge in [0.2, 0.25) is 5.91 Å². The van der Waals surface area contributed by atoms with Crippen LogP contribution in [-0.2, 0) is 9.53 Å². The van der Waals surface area contributed by atoms with Crippen molar-refractivity contribution in [1.29, 1.82) is 0 Å². The molecule has 6 heteroatoms. The van der Waals surface area contributed by atoms with Crippen LogP contribution in [0, 0.1) is 6.92 Å². The summed E-state index contributed by atoms with van der Waals surface area (Å²) in [6.07, 6.45) is 1.78. The van der Waals surface area contributed by atoms with E-state index in [1.807, 2.05) is 0 Å². The number of carbonyl (C=O) groups is 2. The van der Waals surface area contributed by atoms with Gasteiger partial charge in [-0.2, -0.15) is 0 Å². The van der Waals surface area contributed by atoms with Crippen LogP contribution < -0.4 is 5.32 Å². The van der Waals surface area contributed by atoms with E-state index >= 15 is 0 Å². The van der Waals surface area contributed by atoms with Crippen LogP contribution in [-0.4, -0.2) is 49.6 Å². The number of nitrogens with one attached hydrogen (secondary N) is 1. The Bertz CT molecular complexity index is 449. The van der Waals surface area contributed by atoms with Crippen molar-refractivity contribution in [2.75, 3.05) is 32.8 Å². The van der Waals surface area contributed by atoms with Crippen LogP contribution in [0.4, 0.5) is 0 Å². The molecule has 0 bridgehead atoms. The Labute approximate surface area is 111 Å². The molecule has 1 aliphatic heterocycles. The smallest absolute Gasteiger partial charge is 0.254 e. The number of hydrogen-bond donors (Lipinski definition) is 1. The predicted octanol–water partition coefficient (Wildman–Crippen LogP) is 0.567. The summed E-state index contributed by atoms with van der Waals surface area (Å²) in [6, 6.07) is 1.62. The standard InChI is InChI=1S/C13H18N2O4/c1-10-11(3-7-19-10)13(17)14-4-2-12(16)15-5-8-18-9-6-15/h3,7H,2,4-6,8-9H2,1H3,(H,14,17). The Morgan fingerprint density at radius 3 is 2.74 bits per heavy atom. The molecule has 2 amide bonds. The molecular weight excluding hydrogens is 248 g/mol. The molecule has 2 heterocycles. The lowest BCUT2D eigenvalue weighted by atomic mass is 10.2. The largest absolute Gasteiger partial charge is 0.469 e. The highest BCUT2D eigenvalue weighted by atomic mass is 16.5. The second-order valence-corrected chi connectivity index (χ2v) is 4.39. The summed E-state index contributed by atoms with van der Waals surface area (Å²) >= 11 is 0. The first-order chi connectivity index (χ1) is 9.18. The summed E-state index contributed by atoms with van der Waals surface area (Å²) in [4.78, 5) is 25.4. The normalized spacial score (nSPS) is 15.3. The summed E-state index contributed by atoms with van der Waals surface area (Å²) < 4.78 is 10.2. The fraction of sp³-hybridized carbons (Fsp3) is 0.538. The quantitative estimate of drug-likeness (QED) is 0.864. The van der Waals surface area contributed by atoms with Gasteiger partial charge in [-0.25, -0.2) is 0 Å². The molecule has 0 radical (unpaired) electrons. The molecule has 1 aliphatic rings. The molecule has 2 rings (SSSR count). The van der Waals surface area contributed by atoms with Gasteiger partial charge in [0, 0.05) is 26.1 Å². The monoisotopic (exact) mass is 266 g/mol. The van der Waals surface area contributed by atoms with Gasteiger partial charge in [0.25, 0.3) is 5.91 Å². The number of ether oxygens (including phenoxy) is 1. The molecule has 0 aromatic carbocycles. The van der Waals surface area contributed by atoms with Crippen LogP contribution in [0.2, 0.25) is 0 Å². The van der Waals surface area contributed by atoms with Crippen molar-refractivity contribution in [3.05, 3.63) is 23.7 Å². The van der Waals surface area contributed by atoms with Crippen molar-refractivity contribution in [2.45, 2.75) is 13.3 Å². The Morgan fingerprint density at radius 2 is 2.11 bits per heavy atom. The van der Waals surface area contributed by atoms with E-state index in [0.29, 0.717) is 50.6 Å². The predicted molar refractivity (Wildman–Crippen MR) is 67.8 cm³/mol. The van der Waals surface area contributed by atoms with Crippen LogP contribution in [0.3, 0.4) is 0 Å². The molecule has 104 valence electrons. The molecule has 0 aliphatic carbocycles. The maximum Gasteiger partial charge on any atom is 0.254 e. The van der Waals surface area contributed by atoms with Gasteiger partial charge in [-0.3, -0.25) is 9.59 Å². The molecule has 1 aromatic rings. The first-order valence-corrected chi connectivity index (χ1v) is 6.36. The summed E-state index contributed by atoms with van der Waals surface area (Å²) in [5.41, 5.74) is 0.513. The van der Waals surface area contributed by atoms with E-state index in [-0.39, 0.29) is 11.8 Å². The first-order valence-electron chi connectivity index (χ1n) is 6.36. The second kappa shape index (κ2) is 6.38. The third-order valence-corrected chi connectivity index (χ3v) is 3.09. The number of rotatable bonds is 4. The molecule has 0 unspecified atom stereocenters. The van der Waals surface area contributed by atoms with Crippen molar-refractivity contribution < 1.29 is 18.7 Å². The number of amides is 2. The van der Waals surface area contributed by atoms with Crippen LogP contribution in [0.5, 0.6) is 0 Å². The molecule has 1 saturated heterocycles. The fourth-order valence-corrected chi connectivity index (χ4v) is 1.97. The molecule has 0 atom stereocenters. The van der Waals surface area contributed by atoms with Crippen LogP contribution in [0.15, 0.2) is 16.7 Å². The third-order valence-electron chi connectivity index (χ3n) is 3.09. The maximum atomic E-state index is 11.8. The summed E-state index contributed by atoms with van der Waals surface area (Å²) in [6.45, 7) is 4.51. The van der Waals surface area contributed by atoms with E-state index in [2.05, 4.69) is 5.32 Å². The average Bonchev–Trinajstić information content (AvgIpc) is 2.86. The van der Waals surface area contributed by atoms with Crippen molar-refractivity contribution in [3.63, 3.8) is 0 Å². The first kappa shape index (κ1) is 13.6. The molecule has 19 heavy (non-hydrogen) atoms. The molecule has 0 saturated carbocycles. The topological polar surface area (TPSA) is 71.8 Å². The van der Waals surface area contributed by atoms with Crippen LogP contribution in [0.1, 0.15) is 22.5 Å². The number of furan rings is 1. The van der Waals surface area contributed by atoms with E-state index in [0.717, 1.165) is 0 Å². The number of hydrogen-bond acceptors (Lipinski definition) is 4. The van der Waals surface area contributed by atoms with Gasteiger partial charge in [-0.1, -0.05) is 0 Å². The van der Waals surface area contributed by atoms with Gasteiger partial charge >= 0.3 is 0 Å². The lowest BCUT2D eigenvalue weighted by Crippen LogP contribution is -2.42. The molecule has 6 nitrogen and oxygen atoms in total. The highest BCUT2D eigenvalue weighted by Gasteiger charge is 2.17. The number of nitrogens with zero attached hydrogens (tertiary/aromatic N) is 1. The minimum atomic E-state index is -0.207. The van der Waals surface area contributed by atoms with E-state index in [1.54, 1.807) is 17.9 Å². The van der Waals surface area contributed by atoms with Crippen molar-refractivity contribution in [2.24, 2.45) is 0 Å². The lowest BCUT2D eigenvalue weighted by Gasteiger charge is -2.26. The number of morpholine rings is 1. The Kier molecular flexibility index (Phi) is 4.57. The molecule has 1 N–H and O–H groups in total. The average molecular weight is 266 g/mol. The highest BCUT2D eigenvalue weighted by molar-refractivity contribution is 5.95. The van der Waals surface area contributed by atoms with E-state index in [1.165, 1.54) is 6.26 Å². The Hall–Kier alpha value is -1.82. The van der Waals surface area contributed by atoms with Gasteiger partial charge in [-0.15, -0.1) is 0 Å². The molecular formula is C13H18N2O4. The molecule has 1 fully saturated rings. The Balaban J connectivity index is 1.73. The van der Waals surface area contributed by atoms with Crippen molar-refractivity contribution in [3.8, 4) is 0 Å². The molecule has 1 aromatic heterocycles. The minimum Gasteiger partial charge on any atom is -0.469 e. The zero-order valence-electron chi connectivity index (χ0n) is 11.0. The van der Waals surface area contributed by atoms with Gasteiger partial charge < -0.3 is 19.4 Å². The van der Waals surface area contributed by atoms with Crippen molar-refractivity contribution >= 4 is 11.8 Å². The minimum absolute atomic E-state index is 0.0486. The summed E-state index contributed by atoms with van der Waals surface area (Å²) in [5, 5.41) is 2.72. The van der Waals surface area contributed by atoms with Gasteiger partial charge in [0.15, 0.2) is 0 Å². The fourth-order valence-electron chi connectivity index (χ4n) is 1.97. The zero-order valence-corrected chi connectivity index (χ0v) is 11.0. The van der Waals surface area contributed by atoms with Gasteiger partial charge in [0.1, 0.15) is 5.76 Å². The lowest BCUT2D eigenvalue weighted by molar-refractivity contribution is -0.135. The highest BCUT2D eigenvalue weighted by Crippen LogP contribution is 2.08. The number of aryl methyl sites for hydroxylation is 1. The number of carbonyl (C=O) groups excluding carboxylic acids is 2. The van der Waals surface area contributed by atoms with Crippen LogP contribution in [0.25, 0.3) is 0 Å². The Morgan fingerprint density at radius 1 is 1.37 bits per heavy atom. The van der Waals surface area contributed by atoms with Gasteiger partial charge in [0.05, 0.1) is 25.0 Å². The van der Waals surface area contributed by atoms with E-state index in [4.69, 9.17) is 9.15 Å². The van der Waals surface area contributed by atoms with E-state index in [9.17, 15) is 9.59 Å². The maximum absolute atomic E-state index is 11.8.